The van der Waals surface area contributed by atoms with Gasteiger partial charge < -0.3 is 4.57 Å². The van der Waals surface area contributed by atoms with Gasteiger partial charge in [-0.15, -0.1) is 0 Å². The number of hydrogen-bond donors (Lipinski definition) is 2. The van der Waals surface area contributed by atoms with Gasteiger partial charge in [-0.1, -0.05) is 31.9 Å². The molecule has 4 nitrogen and oxygen atoms in total. The molecular formula is C14H22N4. The number of hydrogen-bond acceptors (Lipinski definition) is 3. The van der Waals surface area contributed by atoms with Gasteiger partial charge in [0.15, 0.2) is 0 Å². The van der Waals surface area contributed by atoms with Crippen molar-refractivity contribution in [1.82, 2.24) is 15.0 Å². The summed E-state index contributed by atoms with van der Waals surface area (Å²) in [6.45, 7) is 2.20. The maximum atomic E-state index is 5.62. The van der Waals surface area contributed by atoms with Crippen LogP contribution in [-0.4, -0.2) is 15.6 Å². The van der Waals surface area contributed by atoms with E-state index in [0.717, 1.165) is 24.2 Å². The first-order valence-electron chi connectivity index (χ1n) is 6.62. The lowest BCUT2D eigenvalue weighted by atomic mass is 10.1. The molecule has 3 N–H and O–H groups in total. The van der Waals surface area contributed by atoms with Crippen molar-refractivity contribution in [2.75, 3.05) is 0 Å². The number of benzene rings is 1. The van der Waals surface area contributed by atoms with Crippen LogP contribution < -0.4 is 11.3 Å². The average molecular weight is 246 g/mol. The minimum Gasteiger partial charge on any atom is -0.331 e. The number of nitrogens with one attached hydrogen (secondary N) is 1. The molecule has 0 aliphatic rings. The Bertz CT molecular complexity index is 503. The van der Waals surface area contributed by atoms with Gasteiger partial charge in [0.1, 0.15) is 5.82 Å². The Kier molecular flexibility index (Phi) is 4.33. The van der Waals surface area contributed by atoms with Crippen LogP contribution in [0.15, 0.2) is 24.3 Å². The first-order valence-corrected chi connectivity index (χ1v) is 6.62. The lowest BCUT2D eigenvalue weighted by molar-refractivity contribution is 0.461. The minimum absolute atomic E-state index is 0.306. The van der Waals surface area contributed by atoms with Crippen molar-refractivity contribution in [3.05, 3.63) is 30.1 Å². The highest BCUT2D eigenvalue weighted by Gasteiger charge is 2.13. The van der Waals surface area contributed by atoms with Gasteiger partial charge in [-0.25, -0.2) is 4.98 Å². The minimum atomic E-state index is 0.306. The molecule has 0 aliphatic carbocycles. The highest BCUT2D eigenvalue weighted by atomic mass is 15.2. The smallest absolute Gasteiger partial charge is 0.111 e. The van der Waals surface area contributed by atoms with Gasteiger partial charge in [0.05, 0.1) is 11.0 Å². The van der Waals surface area contributed by atoms with Gasteiger partial charge in [-0.2, -0.15) is 0 Å². The molecule has 2 aromatic rings. The van der Waals surface area contributed by atoms with Crippen molar-refractivity contribution in [3.8, 4) is 0 Å². The van der Waals surface area contributed by atoms with Crippen molar-refractivity contribution in [2.24, 2.45) is 12.9 Å². The third-order valence-corrected chi connectivity index (χ3v) is 3.45. The SMILES string of the molecule is CCCCC(Cc1nc2ccccc2n1C)NN. The second-order valence-electron chi connectivity index (χ2n) is 4.79. The molecule has 0 saturated heterocycles. The van der Waals surface area contributed by atoms with Gasteiger partial charge in [0.2, 0.25) is 0 Å². The summed E-state index contributed by atoms with van der Waals surface area (Å²) in [6.07, 6.45) is 4.36. The molecule has 0 amide bonds. The number of unbranched alkanes of at least 4 members (excludes halogenated alkanes) is 1. The van der Waals surface area contributed by atoms with Crippen molar-refractivity contribution in [2.45, 2.75) is 38.6 Å². The van der Waals surface area contributed by atoms with Gasteiger partial charge in [-0.05, 0) is 18.6 Å². The molecule has 4 heteroatoms. The quantitative estimate of drug-likeness (QED) is 0.606. The van der Waals surface area contributed by atoms with E-state index in [4.69, 9.17) is 5.84 Å². The van der Waals surface area contributed by atoms with Crippen LogP contribution in [0.2, 0.25) is 0 Å². The van der Waals surface area contributed by atoms with Crippen molar-refractivity contribution in [3.63, 3.8) is 0 Å². The molecule has 98 valence electrons. The third kappa shape index (κ3) is 2.71. The van der Waals surface area contributed by atoms with Crippen LogP contribution in [0.4, 0.5) is 0 Å². The Hall–Kier alpha value is -1.39. The number of imidazole rings is 1. The van der Waals surface area contributed by atoms with Crippen molar-refractivity contribution in [1.29, 1.82) is 0 Å². The highest BCUT2D eigenvalue weighted by Crippen LogP contribution is 2.16. The summed E-state index contributed by atoms with van der Waals surface area (Å²) in [5.41, 5.74) is 5.14. The Morgan fingerprint density at radius 2 is 2.17 bits per heavy atom. The summed E-state index contributed by atoms with van der Waals surface area (Å²) in [5.74, 6) is 6.71. The molecule has 0 spiro atoms. The predicted molar refractivity (Wildman–Crippen MR) is 75.1 cm³/mol. The Labute approximate surface area is 108 Å². The molecule has 1 atom stereocenters. The van der Waals surface area contributed by atoms with Crippen LogP contribution in [0.5, 0.6) is 0 Å². The normalized spacial score (nSPS) is 13.1. The lowest BCUT2D eigenvalue weighted by Gasteiger charge is -2.14. The zero-order valence-corrected chi connectivity index (χ0v) is 11.2. The fourth-order valence-corrected chi connectivity index (χ4v) is 2.29. The van der Waals surface area contributed by atoms with E-state index in [-0.39, 0.29) is 0 Å². The molecule has 18 heavy (non-hydrogen) atoms. The molecule has 1 aromatic heterocycles. The summed E-state index contributed by atoms with van der Waals surface area (Å²) < 4.78 is 2.16. The van der Waals surface area contributed by atoms with Gasteiger partial charge in [0.25, 0.3) is 0 Å². The highest BCUT2D eigenvalue weighted by molar-refractivity contribution is 5.75. The van der Waals surface area contributed by atoms with E-state index >= 15 is 0 Å². The summed E-state index contributed by atoms with van der Waals surface area (Å²) >= 11 is 0. The molecule has 1 heterocycles. The summed E-state index contributed by atoms with van der Waals surface area (Å²) in [6, 6.07) is 8.53. The average Bonchev–Trinajstić information content (AvgIpc) is 2.72. The van der Waals surface area contributed by atoms with Crippen LogP contribution in [-0.2, 0) is 13.5 Å². The number of aromatic nitrogens is 2. The molecule has 0 radical (unpaired) electrons. The lowest BCUT2D eigenvalue weighted by Crippen LogP contribution is -2.37. The van der Waals surface area contributed by atoms with Crippen molar-refractivity contribution < 1.29 is 0 Å². The third-order valence-electron chi connectivity index (χ3n) is 3.45. The predicted octanol–water partition coefficient (Wildman–Crippen LogP) is 2.14. The first kappa shape index (κ1) is 13.1. The molecule has 0 saturated carbocycles. The molecule has 2 rings (SSSR count). The summed E-state index contributed by atoms with van der Waals surface area (Å²) in [7, 11) is 2.07. The molecule has 0 aliphatic heterocycles. The van der Waals surface area contributed by atoms with Crippen LogP contribution in [0.25, 0.3) is 11.0 Å². The second-order valence-corrected chi connectivity index (χ2v) is 4.79. The maximum Gasteiger partial charge on any atom is 0.111 e. The van der Waals surface area contributed by atoms with Gasteiger partial charge in [0, 0.05) is 19.5 Å². The Balaban J connectivity index is 2.17. The standard InChI is InChI=1S/C14H22N4/c1-3-4-7-11(17-15)10-14-16-12-8-5-6-9-13(12)18(14)2/h5-6,8-9,11,17H,3-4,7,10,15H2,1-2H3. The van der Waals surface area contributed by atoms with E-state index < -0.39 is 0 Å². The van der Waals surface area contributed by atoms with E-state index in [0.29, 0.717) is 6.04 Å². The Morgan fingerprint density at radius 3 is 2.83 bits per heavy atom. The number of nitrogens with two attached hydrogens (primary N) is 1. The fourth-order valence-electron chi connectivity index (χ4n) is 2.29. The van der Waals surface area contributed by atoms with Crippen LogP contribution >= 0.6 is 0 Å². The summed E-state index contributed by atoms with van der Waals surface area (Å²) in [5, 5.41) is 0. The van der Waals surface area contributed by atoms with Gasteiger partial charge >= 0.3 is 0 Å². The Morgan fingerprint density at radius 1 is 1.39 bits per heavy atom. The monoisotopic (exact) mass is 246 g/mol. The molecule has 1 unspecified atom stereocenters. The molecule has 0 fully saturated rings. The zero-order valence-electron chi connectivity index (χ0n) is 11.2. The van der Waals surface area contributed by atoms with Crippen LogP contribution in [0.1, 0.15) is 32.0 Å². The van der Waals surface area contributed by atoms with E-state index in [1.807, 2.05) is 12.1 Å². The second kappa shape index (κ2) is 5.98. The van der Waals surface area contributed by atoms with E-state index in [1.54, 1.807) is 0 Å². The largest absolute Gasteiger partial charge is 0.331 e. The summed E-state index contributed by atoms with van der Waals surface area (Å²) in [4.78, 5) is 4.68. The number of nitrogens with zero attached hydrogens (tertiary/aromatic N) is 2. The van der Waals surface area contributed by atoms with Crippen LogP contribution in [0.3, 0.4) is 0 Å². The number of rotatable bonds is 6. The van der Waals surface area contributed by atoms with E-state index in [1.165, 1.54) is 18.4 Å². The molecule has 1 aromatic carbocycles. The first-order chi connectivity index (χ1) is 8.76. The van der Waals surface area contributed by atoms with E-state index in [9.17, 15) is 0 Å². The van der Waals surface area contributed by atoms with Crippen LogP contribution in [0, 0.1) is 0 Å². The number of fused-ring (bicyclic) bond motifs is 1. The topological polar surface area (TPSA) is 55.9 Å². The number of aryl methyl sites for hydroxylation is 1. The maximum absolute atomic E-state index is 5.62. The molecule has 0 bridgehead atoms. The molecular weight excluding hydrogens is 224 g/mol. The van der Waals surface area contributed by atoms with Gasteiger partial charge in [-0.3, -0.25) is 11.3 Å². The van der Waals surface area contributed by atoms with E-state index in [2.05, 4.69) is 41.1 Å². The fraction of sp³-hybridized carbons (Fsp3) is 0.500. The number of hydrazine groups is 1. The zero-order chi connectivity index (χ0) is 13.0. The van der Waals surface area contributed by atoms with Crippen molar-refractivity contribution >= 4 is 11.0 Å². The number of para-hydroxylation sites is 2.